The SMILES string of the molecule is NC1(c2c(F)c(F)c(Br)c(F)c2F)CCC1. The zero-order chi connectivity index (χ0) is 12.1. The highest BCUT2D eigenvalue weighted by molar-refractivity contribution is 9.10. The van der Waals surface area contributed by atoms with Crippen LogP contribution in [0.15, 0.2) is 4.47 Å². The molecular weight excluding hydrogens is 290 g/mol. The van der Waals surface area contributed by atoms with Crippen molar-refractivity contribution in [3.8, 4) is 0 Å². The van der Waals surface area contributed by atoms with Gasteiger partial charge < -0.3 is 5.73 Å². The molecule has 0 atom stereocenters. The van der Waals surface area contributed by atoms with E-state index in [0.29, 0.717) is 19.3 Å². The van der Waals surface area contributed by atoms with E-state index in [9.17, 15) is 17.6 Å². The number of hydrogen-bond acceptors (Lipinski definition) is 1. The molecule has 0 unspecified atom stereocenters. The van der Waals surface area contributed by atoms with Crippen LogP contribution in [0.2, 0.25) is 0 Å². The van der Waals surface area contributed by atoms with Gasteiger partial charge in [0.15, 0.2) is 23.3 Å². The second-order valence-electron chi connectivity index (χ2n) is 3.95. The first-order valence-electron chi connectivity index (χ1n) is 4.69. The summed E-state index contributed by atoms with van der Waals surface area (Å²) < 4.78 is 52.7. The maximum Gasteiger partial charge on any atom is 0.176 e. The van der Waals surface area contributed by atoms with Crippen LogP contribution in [0.25, 0.3) is 0 Å². The molecule has 1 aliphatic rings. The fraction of sp³-hybridized carbons (Fsp3) is 0.400. The largest absolute Gasteiger partial charge is 0.321 e. The highest BCUT2D eigenvalue weighted by Crippen LogP contribution is 2.43. The summed E-state index contributed by atoms with van der Waals surface area (Å²) in [5.74, 6) is -5.70. The average molecular weight is 298 g/mol. The molecule has 0 radical (unpaired) electrons. The molecule has 88 valence electrons. The Morgan fingerprint density at radius 2 is 1.38 bits per heavy atom. The third-order valence-electron chi connectivity index (χ3n) is 2.95. The van der Waals surface area contributed by atoms with E-state index in [2.05, 4.69) is 15.9 Å². The Hall–Kier alpha value is -0.620. The summed E-state index contributed by atoms with van der Waals surface area (Å²) in [6.45, 7) is 0. The van der Waals surface area contributed by atoms with Crippen LogP contribution in [0.3, 0.4) is 0 Å². The minimum Gasteiger partial charge on any atom is -0.321 e. The van der Waals surface area contributed by atoms with E-state index in [4.69, 9.17) is 5.73 Å². The van der Waals surface area contributed by atoms with Gasteiger partial charge in [-0.3, -0.25) is 0 Å². The summed E-state index contributed by atoms with van der Waals surface area (Å²) in [5.41, 5.74) is 3.72. The van der Waals surface area contributed by atoms with Crippen LogP contribution < -0.4 is 5.73 Å². The molecule has 1 aromatic rings. The van der Waals surface area contributed by atoms with Gasteiger partial charge in [-0.15, -0.1) is 0 Å². The van der Waals surface area contributed by atoms with Gasteiger partial charge in [0, 0.05) is 11.1 Å². The summed E-state index contributed by atoms with van der Waals surface area (Å²) >= 11 is 2.45. The Morgan fingerprint density at radius 1 is 0.938 bits per heavy atom. The van der Waals surface area contributed by atoms with E-state index in [1.165, 1.54) is 0 Å². The van der Waals surface area contributed by atoms with Crippen LogP contribution in [0.1, 0.15) is 24.8 Å². The lowest BCUT2D eigenvalue weighted by atomic mass is 9.72. The van der Waals surface area contributed by atoms with E-state index in [-0.39, 0.29) is 0 Å². The molecule has 1 fully saturated rings. The first-order valence-corrected chi connectivity index (χ1v) is 5.48. The maximum absolute atomic E-state index is 13.5. The summed E-state index contributed by atoms with van der Waals surface area (Å²) in [7, 11) is 0. The van der Waals surface area contributed by atoms with E-state index in [0.717, 1.165) is 0 Å². The Kier molecular flexibility index (Phi) is 2.74. The van der Waals surface area contributed by atoms with Gasteiger partial charge in [0.25, 0.3) is 0 Å². The van der Waals surface area contributed by atoms with E-state index in [1.807, 2.05) is 0 Å². The lowest BCUT2D eigenvalue weighted by molar-refractivity contribution is 0.229. The van der Waals surface area contributed by atoms with Crippen LogP contribution in [0, 0.1) is 23.3 Å². The molecule has 0 aliphatic heterocycles. The van der Waals surface area contributed by atoms with Crippen LogP contribution in [-0.2, 0) is 5.54 Å². The number of hydrogen-bond donors (Lipinski definition) is 1. The van der Waals surface area contributed by atoms with Gasteiger partial charge in [-0.1, -0.05) is 0 Å². The predicted octanol–water partition coefficient (Wildman–Crippen LogP) is 3.34. The monoisotopic (exact) mass is 297 g/mol. The highest BCUT2D eigenvalue weighted by Gasteiger charge is 2.42. The molecule has 1 aromatic carbocycles. The number of rotatable bonds is 1. The fourth-order valence-corrected chi connectivity index (χ4v) is 2.20. The van der Waals surface area contributed by atoms with E-state index >= 15 is 0 Å². The lowest BCUT2D eigenvalue weighted by Crippen LogP contribution is -2.45. The zero-order valence-electron chi connectivity index (χ0n) is 8.09. The van der Waals surface area contributed by atoms with Crippen molar-refractivity contribution < 1.29 is 17.6 Å². The molecule has 0 saturated heterocycles. The molecule has 1 nitrogen and oxygen atoms in total. The molecule has 1 saturated carbocycles. The molecular formula is C10H8BrF4N. The summed E-state index contributed by atoms with van der Waals surface area (Å²) in [6, 6.07) is 0. The molecule has 0 aromatic heterocycles. The highest BCUT2D eigenvalue weighted by atomic mass is 79.9. The topological polar surface area (TPSA) is 26.0 Å². The van der Waals surface area contributed by atoms with Gasteiger partial charge in [0.2, 0.25) is 0 Å². The first kappa shape index (κ1) is 11.9. The quantitative estimate of drug-likeness (QED) is 0.480. The molecule has 6 heteroatoms. The molecule has 0 heterocycles. The van der Waals surface area contributed by atoms with Crippen molar-refractivity contribution >= 4 is 15.9 Å². The van der Waals surface area contributed by atoms with Crippen molar-refractivity contribution in [1.82, 2.24) is 0 Å². The number of halogens is 5. The average Bonchev–Trinajstić information content (AvgIpc) is 2.21. The smallest absolute Gasteiger partial charge is 0.176 e. The third-order valence-corrected chi connectivity index (χ3v) is 3.65. The Morgan fingerprint density at radius 3 is 1.69 bits per heavy atom. The molecule has 16 heavy (non-hydrogen) atoms. The third kappa shape index (κ3) is 1.47. The van der Waals surface area contributed by atoms with Gasteiger partial charge in [-0.05, 0) is 35.2 Å². The van der Waals surface area contributed by atoms with Crippen LogP contribution >= 0.6 is 15.9 Å². The van der Waals surface area contributed by atoms with Crippen molar-refractivity contribution in [2.75, 3.05) is 0 Å². The molecule has 0 amide bonds. The minimum atomic E-state index is -1.44. The predicted molar refractivity (Wildman–Crippen MR) is 53.7 cm³/mol. The van der Waals surface area contributed by atoms with Gasteiger partial charge in [0.1, 0.15) is 0 Å². The normalized spacial score (nSPS) is 18.4. The van der Waals surface area contributed by atoms with Crippen molar-refractivity contribution in [3.63, 3.8) is 0 Å². The Balaban J connectivity index is 2.70. The van der Waals surface area contributed by atoms with Crippen molar-refractivity contribution in [3.05, 3.63) is 33.3 Å². The van der Waals surface area contributed by atoms with Crippen LogP contribution in [0.4, 0.5) is 17.6 Å². The molecule has 2 rings (SSSR count). The van der Waals surface area contributed by atoms with Crippen LogP contribution in [-0.4, -0.2) is 0 Å². The number of nitrogens with two attached hydrogens (primary N) is 1. The first-order chi connectivity index (χ1) is 7.38. The number of benzene rings is 1. The summed E-state index contributed by atoms with van der Waals surface area (Å²) in [6.07, 6.45) is 1.33. The Bertz CT molecular complexity index is 428. The van der Waals surface area contributed by atoms with Crippen molar-refractivity contribution in [2.45, 2.75) is 24.8 Å². The summed E-state index contributed by atoms with van der Waals surface area (Å²) in [5, 5.41) is 0. The van der Waals surface area contributed by atoms with Gasteiger partial charge >= 0.3 is 0 Å². The van der Waals surface area contributed by atoms with Gasteiger partial charge in [-0.2, -0.15) is 0 Å². The lowest BCUT2D eigenvalue weighted by Gasteiger charge is -2.39. The van der Waals surface area contributed by atoms with E-state index < -0.39 is 38.8 Å². The molecule has 2 N–H and O–H groups in total. The summed E-state index contributed by atoms with van der Waals surface area (Å²) in [4.78, 5) is 0. The van der Waals surface area contributed by atoms with Crippen molar-refractivity contribution in [2.24, 2.45) is 5.73 Å². The second kappa shape index (κ2) is 3.70. The second-order valence-corrected chi connectivity index (χ2v) is 4.75. The fourth-order valence-electron chi connectivity index (χ4n) is 1.85. The van der Waals surface area contributed by atoms with Gasteiger partial charge in [0.05, 0.1) is 4.47 Å². The molecule has 1 aliphatic carbocycles. The minimum absolute atomic E-state index is 0.321. The van der Waals surface area contributed by atoms with E-state index in [1.54, 1.807) is 0 Å². The molecule has 0 bridgehead atoms. The van der Waals surface area contributed by atoms with Crippen molar-refractivity contribution in [1.29, 1.82) is 0 Å². The van der Waals surface area contributed by atoms with Crippen LogP contribution in [0.5, 0.6) is 0 Å². The zero-order valence-corrected chi connectivity index (χ0v) is 9.67. The Labute approximate surface area is 97.8 Å². The molecule has 0 spiro atoms. The maximum atomic E-state index is 13.5. The standard InChI is InChI=1S/C10H8BrF4N/c11-5-8(14)6(12)4(7(13)9(5)15)10(16)2-1-3-10/h1-3,16H2. The van der Waals surface area contributed by atoms with Gasteiger partial charge in [-0.25, -0.2) is 17.6 Å².